The van der Waals surface area contributed by atoms with E-state index >= 15 is 0 Å². The highest BCUT2D eigenvalue weighted by atomic mass is 35.5. The van der Waals surface area contributed by atoms with Gasteiger partial charge in [0.15, 0.2) is 0 Å². The van der Waals surface area contributed by atoms with Crippen LogP contribution in [-0.2, 0) is 17.8 Å². The van der Waals surface area contributed by atoms with Gasteiger partial charge in [0.25, 0.3) is 0 Å². The highest BCUT2D eigenvalue weighted by Gasteiger charge is 2.14. The van der Waals surface area contributed by atoms with Crippen LogP contribution in [0, 0.1) is 18.3 Å². The van der Waals surface area contributed by atoms with Crippen molar-refractivity contribution in [3.8, 4) is 6.07 Å². The van der Waals surface area contributed by atoms with Gasteiger partial charge in [0, 0.05) is 43.3 Å². The minimum atomic E-state index is 0.0341. The van der Waals surface area contributed by atoms with Crippen LogP contribution in [0.1, 0.15) is 22.4 Å². The number of hydrogen-bond acceptors (Lipinski definition) is 3. The van der Waals surface area contributed by atoms with Crippen molar-refractivity contribution >= 4 is 28.4 Å². The largest absolute Gasteiger partial charge is 0.347 e. The van der Waals surface area contributed by atoms with E-state index < -0.39 is 0 Å². The van der Waals surface area contributed by atoms with Crippen LogP contribution in [0.2, 0.25) is 5.02 Å². The maximum Gasteiger partial charge on any atom is 0.241 e. The lowest BCUT2D eigenvalue weighted by Crippen LogP contribution is -2.25. The van der Waals surface area contributed by atoms with E-state index in [2.05, 4.69) is 11.1 Å². The Morgan fingerprint density at radius 3 is 2.77 bits per heavy atom. The van der Waals surface area contributed by atoms with Crippen LogP contribution in [0.3, 0.4) is 0 Å². The molecule has 0 aliphatic carbocycles. The first kappa shape index (κ1) is 18.0. The van der Waals surface area contributed by atoms with Gasteiger partial charge < -0.3 is 9.47 Å². The molecule has 0 bridgehead atoms. The van der Waals surface area contributed by atoms with Gasteiger partial charge in [-0.05, 0) is 42.3 Å². The van der Waals surface area contributed by atoms with Crippen molar-refractivity contribution < 1.29 is 4.79 Å². The van der Waals surface area contributed by atoms with E-state index in [-0.39, 0.29) is 12.5 Å². The number of pyridine rings is 1. The second kappa shape index (κ2) is 7.19. The molecular formula is C20H19ClN4O. The van der Waals surface area contributed by atoms with Crippen molar-refractivity contribution in [2.24, 2.45) is 0 Å². The van der Waals surface area contributed by atoms with E-state index in [1.54, 1.807) is 31.3 Å². The molecular weight excluding hydrogens is 348 g/mol. The molecule has 0 unspecified atom stereocenters. The summed E-state index contributed by atoms with van der Waals surface area (Å²) < 4.78 is 1.93. The third-order valence-electron chi connectivity index (χ3n) is 4.48. The number of nitrogens with zero attached hydrogens (tertiary/aromatic N) is 4. The molecule has 0 saturated heterocycles. The average molecular weight is 367 g/mol. The van der Waals surface area contributed by atoms with E-state index in [0.29, 0.717) is 17.0 Å². The quantitative estimate of drug-likeness (QED) is 0.709. The van der Waals surface area contributed by atoms with E-state index in [4.69, 9.17) is 16.9 Å². The molecule has 3 aromatic rings. The highest BCUT2D eigenvalue weighted by Crippen LogP contribution is 2.27. The van der Waals surface area contributed by atoms with Gasteiger partial charge in [-0.25, -0.2) is 0 Å². The summed E-state index contributed by atoms with van der Waals surface area (Å²) >= 11 is 6.39. The average Bonchev–Trinajstić information content (AvgIpc) is 3.01. The topological polar surface area (TPSA) is 61.9 Å². The summed E-state index contributed by atoms with van der Waals surface area (Å²) in [6, 6.07) is 9.53. The van der Waals surface area contributed by atoms with Crippen molar-refractivity contribution in [3.05, 3.63) is 64.1 Å². The third-order valence-corrected chi connectivity index (χ3v) is 4.81. The Balaban J connectivity index is 1.99. The molecule has 2 aromatic heterocycles. The first-order chi connectivity index (χ1) is 12.4. The van der Waals surface area contributed by atoms with Gasteiger partial charge in [-0.1, -0.05) is 11.6 Å². The van der Waals surface area contributed by atoms with Crippen molar-refractivity contribution in [1.82, 2.24) is 14.5 Å². The number of carbonyl (C=O) groups is 1. The second-order valence-electron chi connectivity index (χ2n) is 6.46. The molecule has 0 fully saturated rings. The summed E-state index contributed by atoms with van der Waals surface area (Å²) in [5, 5.41) is 10.6. The molecule has 0 aliphatic heterocycles. The molecule has 2 heterocycles. The zero-order valence-electron chi connectivity index (χ0n) is 15.0. The fraction of sp³-hybridized carbons (Fsp3) is 0.250. The highest BCUT2D eigenvalue weighted by molar-refractivity contribution is 6.31. The van der Waals surface area contributed by atoms with Gasteiger partial charge in [-0.2, -0.15) is 5.26 Å². The SMILES string of the molecule is Cc1cc(C#N)cc(Cl)c1Cc1nccc2c1ccn2CC(=O)N(C)C. The number of hydrogen-bond donors (Lipinski definition) is 0. The van der Waals surface area contributed by atoms with Crippen LogP contribution in [-0.4, -0.2) is 34.5 Å². The smallest absolute Gasteiger partial charge is 0.241 e. The maximum absolute atomic E-state index is 12.0. The molecule has 0 radical (unpaired) electrons. The fourth-order valence-electron chi connectivity index (χ4n) is 2.98. The van der Waals surface area contributed by atoms with Crippen LogP contribution in [0.4, 0.5) is 0 Å². The minimum Gasteiger partial charge on any atom is -0.347 e. The molecule has 1 aromatic carbocycles. The van der Waals surface area contributed by atoms with Gasteiger partial charge in [-0.15, -0.1) is 0 Å². The zero-order valence-corrected chi connectivity index (χ0v) is 15.7. The number of fused-ring (bicyclic) bond motifs is 1. The van der Waals surface area contributed by atoms with Gasteiger partial charge in [0.05, 0.1) is 22.8 Å². The number of aryl methyl sites for hydroxylation is 1. The number of amides is 1. The lowest BCUT2D eigenvalue weighted by Gasteiger charge is -2.12. The van der Waals surface area contributed by atoms with Crippen molar-refractivity contribution in [2.75, 3.05) is 14.1 Å². The summed E-state index contributed by atoms with van der Waals surface area (Å²) in [4.78, 5) is 18.1. The fourth-order valence-corrected chi connectivity index (χ4v) is 3.31. The van der Waals surface area contributed by atoms with Crippen molar-refractivity contribution in [3.63, 3.8) is 0 Å². The summed E-state index contributed by atoms with van der Waals surface area (Å²) in [7, 11) is 3.49. The summed E-state index contributed by atoms with van der Waals surface area (Å²) in [5.41, 5.74) is 4.34. The Labute approximate surface area is 157 Å². The predicted octanol–water partition coefficient (Wildman–Crippen LogP) is 3.55. The standard InChI is InChI=1S/C20H19ClN4O/c1-13-8-14(11-22)9-17(21)16(13)10-18-15-5-7-25(12-20(26)24(2)3)19(15)4-6-23-18/h4-9H,10,12H2,1-3H3. The van der Waals surface area contributed by atoms with Crippen LogP contribution in [0.25, 0.3) is 10.9 Å². The number of carbonyl (C=O) groups excluding carboxylic acids is 1. The zero-order chi connectivity index (χ0) is 18.8. The molecule has 0 spiro atoms. The monoisotopic (exact) mass is 366 g/mol. The molecule has 0 N–H and O–H groups in total. The van der Waals surface area contributed by atoms with Gasteiger partial charge >= 0.3 is 0 Å². The number of benzene rings is 1. The van der Waals surface area contributed by atoms with Gasteiger partial charge in [-0.3, -0.25) is 9.78 Å². The summed E-state index contributed by atoms with van der Waals surface area (Å²) in [6.07, 6.45) is 4.23. The van der Waals surface area contributed by atoms with Gasteiger partial charge in [0.1, 0.15) is 6.54 Å². The molecule has 0 saturated carbocycles. The van der Waals surface area contributed by atoms with Crippen LogP contribution in [0.15, 0.2) is 36.7 Å². The number of halogens is 1. The molecule has 6 heteroatoms. The number of rotatable bonds is 4. The molecule has 3 rings (SSSR count). The Kier molecular flexibility index (Phi) is 4.97. The van der Waals surface area contributed by atoms with Crippen molar-refractivity contribution in [1.29, 1.82) is 5.26 Å². The van der Waals surface area contributed by atoms with Crippen LogP contribution < -0.4 is 0 Å². The summed E-state index contributed by atoms with van der Waals surface area (Å²) in [6.45, 7) is 2.24. The molecule has 0 aliphatic rings. The van der Waals surface area contributed by atoms with Crippen LogP contribution >= 0.6 is 11.6 Å². The first-order valence-electron chi connectivity index (χ1n) is 8.22. The van der Waals surface area contributed by atoms with E-state index in [1.807, 2.05) is 35.9 Å². The minimum absolute atomic E-state index is 0.0341. The third kappa shape index (κ3) is 3.42. The Hall–Kier alpha value is -2.84. The lowest BCUT2D eigenvalue weighted by atomic mass is 10.00. The Bertz CT molecular complexity index is 1010. The van der Waals surface area contributed by atoms with Crippen LogP contribution in [0.5, 0.6) is 0 Å². The number of aromatic nitrogens is 2. The molecule has 26 heavy (non-hydrogen) atoms. The van der Waals surface area contributed by atoms with E-state index in [9.17, 15) is 4.79 Å². The molecule has 0 atom stereocenters. The second-order valence-corrected chi connectivity index (χ2v) is 6.87. The molecule has 1 amide bonds. The van der Waals surface area contributed by atoms with E-state index in [0.717, 1.165) is 27.7 Å². The first-order valence-corrected chi connectivity index (χ1v) is 8.60. The maximum atomic E-state index is 12.0. The molecule has 5 nitrogen and oxygen atoms in total. The summed E-state index contributed by atoms with van der Waals surface area (Å²) in [5.74, 6) is 0.0341. The molecule has 132 valence electrons. The predicted molar refractivity (Wildman–Crippen MR) is 102 cm³/mol. The van der Waals surface area contributed by atoms with E-state index in [1.165, 1.54) is 0 Å². The lowest BCUT2D eigenvalue weighted by molar-refractivity contribution is -0.129. The normalized spacial score (nSPS) is 10.7. The number of likely N-dealkylation sites (N-methyl/N-ethyl adjacent to an activating group) is 1. The van der Waals surface area contributed by atoms with Gasteiger partial charge in [0.2, 0.25) is 5.91 Å². The Morgan fingerprint density at radius 1 is 1.35 bits per heavy atom. The Morgan fingerprint density at radius 2 is 2.12 bits per heavy atom. The number of nitriles is 1. The van der Waals surface area contributed by atoms with Crippen molar-refractivity contribution in [2.45, 2.75) is 19.9 Å².